The molecule has 2 saturated heterocycles. The lowest BCUT2D eigenvalue weighted by Gasteiger charge is -2.18. The molecule has 0 radical (unpaired) electrons. The highest BCUT2D eigenvalue weighted by Crippen LogP contribution is 2.34. The molecule has 0 amide bonds. The fourth-order valence-corrected chi connectivity index (χ4v) is 3.34. The maximum atomic E-state index is 11.9. The number of carbonyl (C=O) groups excluding carboxylic acids is 1. The Balaban J connectivity index is 1.54. The molecule has 2 fully saturated rings. The van der Waals surface area contributed by atoms with Crippen molar-refractivity contribution in [3.8, 4) is 0 Å². The van der Waals surface area contributed by atoms with E-state index < -0.39 is 0 Å². The maximum Gasteiger partial charge on any atom is 0.310 e. The molecule has 2 aliphatic rings. The fraction of sp³-hybridized carbons (Fsp3) is 0.583. The molecule has 0 spiro atoms. The molecule has 3 atom stereocenters. The lowest BCUT2D eigenvalue weighted by Crippen LogP contribution is -2.29. The van der Waals surface area contributed by atoms with Gasteiger partial charge in [-0.15, -0.1) is 11.3 Å². The Hall–Kier alpha value is -0.870. The normalized spacial score (nSPS) is 31.9. The van der Waals surface area contributed by atoms with Crippen LogP contribution in [0.4, 0.5) is 0 Å². The topological polar surface area (TPSA) is 38.3 Å². The molecular formula is C12H15NO2S. The molecule has 86 valence electrons. The molecular weight excluding hydrogens is 222 g/mol. The van der Waals surface area contributed by atoms with Gasteiger partial charge >= 0.3 is 5.97 Å². The Morgan fingerprint density at radius 1 is 1.56 bits per heavy atom. The smallest absolute Gasteiger partial charge is 0.310 e. The molecule has 0 aromatic carbocycles. The minimum Gasteiger partial charge on any atom is -0.460 e. The summed E-state index contributed by atoms with van der Waals surface area (Å²) >= 11 is 1.63. The van der Waals surface area contributed by atoms with Crippen LogP contribution < -0.4 is 5.32 Å². The fourth-order valence-electron chi connectivity index (χ4n) is 2.73. The van der Waals surface area contributed by atoms with Crippen molar-refractivity contribution < 1.29 is 9.53 Å². The van der Waals surface area contributed by atoms with Crippen molar-refractivity contribution in [2.24, 2.45) is 5.92 Å². The van der Waals surface area contributed by atoms with E-state index in [1.807, 2.05) is 17.5 Å². The van der Waals surface area contributed by atoms with E-state index in [9.17, 15) is 4.79 Å². The van der Waals surface area contributed by atoms with E-state index in [0.29, 0.717) is 18.7 Å². The number of esters is 1. The SMILES string of the molecule is O=C(OCc1cccs1)C1CC2CCC1N2. The summed E-state index contributed by atoms with van der Waals surface area (Å²) in [5, 5.41) is 5.46. The van der Waals surface area contributed by atoms with E-state index >= 15 is 0 Å². The predicted octanol–water partition coefficient (Wildman–Crippen LogP) is 1.93. The predicted molar refractivity (Wildman–Crippen MR) is 62.2 cm³/mol. The summed E-state index contributed by atoms with van der Waals surface area (Å²) in [7, 11) is 0. The number of carbonyl (C=O) groups is 1. The zero-order valence-corrected chi connectivity index (χ0v) is 9.83. The van der Waals surface area contributed by atoms with Crippen LogP contribution in [0.25, 0.3) is 0 Å². The first-order valence-corrected chi connectivity index (χ1v) is 6.66. The van der Waals surface area contributed by atoms with Gasteiger partial charge in [0.1, 0.15) is 6.61 Å². The number of thiophene rings is 1. The Morgan fingerprint density at radius 2 is 2.50 bits per heavy atom. The summed E-state index contributed by atoms with van der Waals surface area (Å²) in [6.45, 7) is 0.435. The molecule has 3 nitrogen and oxygen atoms in total. The van der Waals surface area contributed by atoms with Crippen molar-refractivity contribution in [2.75, 3.05) is 0 Å². The largest absolute Gasteiger partial charge is 0.460 e. The first-order chi connectivity index (χ1) is 7.83. The summed E-state index contributed by atoms with van der Waals surface area (Å²) in [6.07, 6.45) is 3.32. The van der Waals surface area contributed by atoms with Crippen LogP contribution in [0.2, 0.25) is 0 Å². The van der Waals surface area contributed by atoms with Crippen molar-refractivity contribution in [3.05, 3.63) is 22.4 Å². The van der Waals surface area contributed by atoms with Crippen LogP contribution in [-0.2, 0) is 16.1 Å². The third-order valence-corrected chi connectivity index (χ3v) is 4.39. The van der Waals surface area contributed by atoms with Crippen molar-refractivity contribution in [2.45, 2.75) is 38.0 Å². The third-order valence-electron chi connectivity index (χ3n) is 3.54. The monoisotopic (exact) mass is 237 g/mol. The summed E-state index contributed by atoms with van der Waals surface area (Å²) in [5.74, 6) is 0.0758. The van der Waals surface area contributed by atoms with Crippen LogP contribution >= 0.6 is 11.3 Å². The summed E-state index contributed by atoms with van der Waals surface area (Å²) < 4.78 is 5.35. The Labute approximate surface area is 98.8 Å². The van der Waals surface area contributed by atoms with Crippen molar-refractivity contribution in [1.82, 2.24) is 5.32 Å². The van der Waals surface area contributed by atoms with Crippen LogP contribution in [0, 0.1) is 5.92 Å². The van der Waals surface area contributed by atoms with Crippen LogP contribution in [0.3, 0.4) is 0 Å². The van der Waals surface area contributed by atoms with Gasteiger partial charge in [-0.1, -0.05) is 6.07 Å². The molecule has 1 N–H and O–H groups in total. The molecule has 0 saturated carbocycles. The minimum atomic E-state index is -0.0203. The van der Waals surface area contributed by atoms with Gasteiger partial charge in [0, 0.05) is 17.0 Å². The molecule has 3 unspecified atom stereocenters. The van der Waals surface area contributed by atoms with Gasteiger partial charge in [-0.2, -0.15) is 0 Å². The number of hydrogen-bond donors (Lipinski definition) is 1. The number of hydrogen-bond acceptors (Lipinski definition) is 4. The van der Waals surface area contributed by atoms with Crippen LogP contribution in [0.15, 0.2) is 17.5 Å². The van der Waals surface area contributed by atoms with Crippen molar-refractivity contribution in [3.63, 3.8) is 0 Å². The summed E-state index contributed by atoms with van der Waals surface area (Å²) in [6, 6.07) is 4.91. The molecule has 2 aliphatic heterocycles. The average molecular weight is 237 g/mol. The zero-order valence-electron chi connectivity index (χ0n) is 9.02. The van der Waals surface area contributed by atoms with Gasteiger partial charge in [0.2, 0.25) is 0 Å². The minimum absolute atomic E-state index is 0.0203. The summed E-state index contributed by atoms with van der Waals surface area (Å²) in [5.41, 5.74) is 0. The molecule has 2 bridgehead atoms. The second-order valence-electron chi connectivity index (χ2n) is 4.58. The molecule has 1 aromatic heterocycles. The molecule has 4 heteroatoms. The zero-order chi connectivity index (χ0) is 11.0. The number of nitrogens with one attached hydrogen (secondary N) is 1. The average Bonchev–Trinajstić information content (AvgIpc) is 3.01. The van der Waals surface area contributed by atoms with Gasteiger partial charge in [-0.3, -0.25) is 4.79 Å². The Morgan fingerprint density at radius 3 is 3.12 bits per heavy atom. The molecule has 16 heavy (non-hydrogen) atoms. The number of rotatable bonds is 3. The van der Waals surface area contributed by atoms with E-state index in [0.717, 1.165) is 17.7 Å². The molecule has 3 rings (SSSR count). The molecule has 1 aromatic rings. The van der Waals surface area contributed by atoms with Crippen LogP contribution in [0.1, 0.15) is 24.1 Å². The highest BCUT2D eigenvalue weighted by molar-refractivity contribution is 7.09. The second kappa shape index (κ2) is 4.18. The first-order valence-electron chi connectivity index (χ1n) is 5.78. The van der Waals surface area contributed by atoms with E-state index in [4.69, 9.17) is 4.74 Å². The highest BCUT2D eigenvalue weighted by atomic mass is 32.1. The van der Waals surface area contributed by atoms with Gasteiger partial charge < -0.3 is 10.1 Å². The van der Waals surface area contributed by atoms with Gasteiger partial charge in [-0.05, 0) is 30.7 Å². The van der Waals surface area contributed by atoms with Gasteiger partial charge in [-0.25, -0.2) is 0 Å². The van der Waals surface area contributed by atoms with Crippen molar-refractivity contribution in [1.29, 1.82) is 0 Å². The maximum absolute atomic E-state index is 11.9. The van der Waals surface area contributed by atoms with Crippen LogP contribution in [0.5, 0.6) is 0 Å². The standard InChI is InChI=1S/C12H15NO2S/c14-12(15-7-9-2-1-5-16-9)10-6-8-3-4-11(10)13-8/h1-2,5,8,10-11,13H,3-4,6-7H2. The molecule has 0 aliphatic carbocycles. The Kier molecular flexibility index (Phi) is 2.69. The van der Waals surface area contributed by atoms with Gasteiger partial charge in [0.05, 0.1) is 5.92 Å². The third kappa shape index (κ3) is 1.87. The van der Waals surface area contributed by atoms with Gasteiger partial charge in [0.25, 0.3) is 0 Å². The van der Waals surface area contributed by atoms with Gasteiger partial charge in [0.15, 0.2) is 0 Å². The highest BCUT2D eigenvalue weighted by Gasteiger charge is 2.43. The molecule has 3 heterocycles. The Bertz CT molecular complexity index is 376. The van der Waals surface area contributed by atoms with E-state index in [-0.39, 0.29) is 11.9 Å². The van der Waals surface area contributed by atoms with E-state index in [2.05, 4.69) is 5.32 Å². The van der Waals surface area contributed by atoms with E-state index in [1.54, 1.807) is 11.3 Å². The number of ether oxygens (including phenoxy) is 1. The summed E-state index contributed by atoms with van der Waals surface area (Å²) in [4.78, 5) is 13.0. The van der Waals surface area contributed by atoms with E-state index in [1.165, 1.54) is 6.42 Å². The second-order valence-corrected chi connectivity index (χ2v) is 5.61. The first kappa shape index (κ1) is 10.3. The van der Waals surface area contributed by atoms with Crippen molar-refractivity contribution >= 4 is 17.3 Å². The number of fused-ring (bicyclic) bond motifs is 2. The quantitative estimate of drug-likeness (QED) is 0.816. The lowest BCUT2D eigenvalue weighted by atomic mass is 9.89. The lowest BCUT2D eigenvalue weighted by molar-refractivity contribution is -0.150. The van der Waals surface area contributed by atoms with Crippen LogP contribution in [-0.4, -0.2) is 18.1 Å².